The van der Waals surface area contributed by atoms with Crippen molar-refractivity contribution in [3.8, 4) is 0 Å². The Kier molecular flexibility index (Phi) is 4.34. The van der Waals surface area contributed by atoms with Crippen molar-refractivity contribution in [2.45, 2.75) is 57.2 Å². The average molecular weight is 313 g/mol. The molecule has 0 radical (unpaired) electrons. The lowest BCUT2D eigenvalue weighted by Gasteiger charge is -2.29. The van der Waals surface area contributed by atoms with Crippen LogP contribution in [-0.2, 0) is 4.79 Å². The lowest BCUT2D eigenvalue weighted by Crippen LogP contribution is -2.39. The highest BCUT2D eigenvalue weighted by Gasteiger charge is 2.34. The molecule has 1 aromatic heterocycles. The second-order valence-corrected chi connectivity index (χ2v) is 7.86. The molecular formula is C15H21ClN2OS. The summed E-state index contributed by atoms with van der Waals surface area (Å²) in [5, 5.41) is 6.72. The van der Waals surface area contributed by atoms with Gasteiger partial charge < -0.3 is 10.6 Å². The Hall–Kier alpha value is -0.580. The van der Waals surface area contributed by atoms with E-state index in [4.69, 9.17) is 11.6 Å². The molecule has 0 aliphatic carbocycles. The number of hydrogen-bond acceptors (Lipinski definition) is 3. The second kappa shape index (κ2) is 6.04. The van der Waals surface area contributed by atoms with Gasteiger partial charge in [-0.15, -0.1) is 11.3 Å². The maximum Gasteiger partial charge on any atom is 0.220 e. The molecule has 3 heterocycles. The van der Waals surface area contributed by atoms with Crippen molar-refractivity contribution in [2.75, 3.05) is 0 Å². The van der Waals surface area contributed by atoms with E-state index in [-0.39, 0.29) is 11.9 Å². The highest BCUT2D eigenvalue weighted by molar-refractivity contribution is 7.16. The summed E-state index contributed by atoms with van der Waals surface area (Å²) in [6.07, 6.45) is 5.55. The van der Waals surface area contributed by atoms with Gasteiger partial charge in [0.15, 0.2) is 0 Å². The van der Waals surface area contributed by atoms with Crippen LogP contribution < -0.4 is 10.6 Å². The van der Waals surface area contributed by atoms with Crippen molar-refractivity contribution in [1.29, 1.82) is 0 Å². The van der Waals surface area contributed by atoms with Gasteiger partial charge >= 0.3 is 0 Å². The van der Waals surface area contributed by atoms with Crippen LogP contribution in [0.2, 0.25) is 4.34 Å². The summed E-state index contributed by atoms with van der Waals surface area (Å²) < 4.78 is 0.774. The minimum absolute atomic E-state index is 0.0541. The lowest BCUT2D eigenvalue weighted by molar-refractivity contribution is -0.122. The first kappa shape index (κ1) is 14.4. The van der Waals surface area contributed by atoms with Gasteiger partial charge in [-0.2, -0.15) is 0 Å². The number of thiophene rings is 1. The summed E-state index contributed by atoms with van der Waals surface area (Å²) in [5.74, 6) is 0.723. The molecule has 3 rings (SSSR count). The molecule has 3 atom stereocenters. The van der Waals surface area contributed by atoms with Gasteiger partial charge in [-0.05, 0) is 50.7 Å². The van der Waals surface area contributed by atoms with E-state index in [1.807, 2.05) is 19.1 Å². The molecule has 0 spiro atoms. The van der Waals surface area contributed by atoms with E-state index >= 15 is 0 Å². The van der Waals surface area contributed by atoms with Crippen LogP contribution in [0.15, 0.2) is 12.1 Å². The summed E-state index contributed by atoms with van der Waals surface area (Å²) >= 11 is 7.47. The molecule has 2 saturated heterocycles. The summed E-state index contributed by atoms with van der Waals surface area (Å²) in [7, 11) is 0. The van der Waals surface area contributed by atoms with E-state index in [1.54, 1.807) is 0 Å². The van der Waals surface area contributed by atoms with Gasteiger partial charge in [-0.25, -0.2) is 0 Å². The number of hydrogen-bond donors (Lipinski definition) is 2. The highest BCUT2D eigenvalue weighted by Crippen LogP contribution is 2.33. The van der Waals surface area contributed by atoms with Crippen molar-refractivity contribution < 1.29 is 4.79 Å². The topological polar surface area (TPSA) is 41.1 Å². The van der Waals surface area contributed by atoms with Crippen molar-refractivity contribution in [1.82, 2.24) is 10.6 Å². The standard InChI is InChI=1S/C15H21ClN2OS/c1-9(13-4-5-14(16)20-13)17-15(19)8-10-6-11-2-3-12(7-10)18-11/h4-5,9-12,18H,2-3,6-8H2,1H3,(H,17,19). The summed E-state index contributed by atoms with van der Waals surface area (Å²) in [5.41, 5.74) is 0. The van der Waals surface area contributed by atoms with Crippen molar-refractivity contribution >= 4 is 28.8 Å². The molecule has 1 amide bonds. The molecule has 110 valence electrons. The number of rotatable bonds is 4. The summed E-state index contributed by atoms with van der Waals surface area (Å²) in [4.78, 5) is 13.3. The quantitative estimate of drug-likeness (QED) is 0.893. The van der Waals surface area contributed by atoms with Gasteiger partial charge in [-0.1, -0.05) is 11.6 Å². The number of piperidine rings is 1. The zero-order chi connectivity index (χ0) is 14.1. The molecular weight excluding hydrogens is 292 g/mol. The average Bonchev–Trinajstić information content (AvgIpc) is 2.95. The third-order valence-corrected chi connectivity index (χ3v) is 5.86. The highest BCUT2D eigenvalue weighted by atomic mass is 35.5. The fourth-order valence-electron chi connectivity index (χ4n) is 3.54. The van der Waals surface area contributed by atoms with Gasteiger partial charge in [0, 0.05) is 23.4 Å². The van der Waals surface area contributed by atoms with Crippen LogP contribution in [0.1, 0.15) is 49.9 Å². The first-order chi connectivity index (χ1) is 9.60. The molecule has 2 bridgehead atoms. The van der Waals surface area contributed by atoms with Crippen LogP contribution in [0, 0.1) is 5.92 Å². The van der Waals surface area contributed by atoms with E-state index in [0.717, 1.165) is 22.1 Å². The van der Waals surface area contributed by atoms with Gasteiger partial charge in [-0.3, -0.25) is 4.79 Å². The zero-order valence-electron chi connectivity index (χ0n) is 11.7. The largest absolute Gasteiger partial charge is 0.349 e. The minimum Gasteiger partial charge on any atom is -0.349 e. The molecule has 2 N–H and O–H groups in total. The van der Waals surface area contributed by atoms with Crippen molar-refractivity contribution in [3.05, 3.63) is 21.3 Å². The first-order valence-corrected chi connectivity index (χ1v) is 8.60. The molecule has 1 aromatic rings. The number of nitrogens with one attached hydrogen (secondary N) is 2. The van der Waals surface area contributed by atoms with Crippen molar-refractivity contribution in [2.24, 2.45) is 5.92 Å². The Balaban J connectivity index is 1.49. The van der Waals surface area contributed by atoms with E-state index in [1.165, 1.54) is 24.2 Å². The van der Waals surface area contributed by atoms with E-state index in [2.05, 4.69) is 10.6 Å². The first-order valence-electron chi connectivity index (χ1n) is 7.41. The second-order valence-electron chi connectivity index (χ2n) is 6.11. The van der Waals surface area contributed by atoms with Gasteiger partial charge in [0.05, 0.1) is 10.4 Å². The van der Waals surface area contributed by atoms with E-state index in [0.29, 0.717) is 24.4 Å². The molecule has 2 aliphatic rings. The Morgan fingerprint density at radius 1 is 1.45 bits per heavy atom. The van der Waals surface area contributed by atoms with Gasteiger partial charge in [0.25, 0.3) is 0 Å². The normalized spacial score (nSPS) is 30.2. The lowest BCUT2D eigenvalue weighted by atomic mass is 9.89. The number of halogens is 1. The molecule has 0 saturated carbocycles. The molecule has 3 unspecified atom stereocenters. The smallest absolute Gasteiger partial charge is 0.220 e. The number of amides is 1. The predicted molar refractivity (Wildman–Crippen MR) is 83.2 cm³/mol. The third kappa shape index (κ3) is 3.35. The fraction of sp³-hybridized carbons (Fsp3) is 0.667. The molecule has 3 nitrogen and oxygen atoms in total. The molecule has 0 aromatic carbocycles. The Morgan fingerprint density at radius 2 is 2.15 bits per heavy atom. The van der Waals surface area contributed by atoms with Crippen LogP contribution in [0.3, 0.4) is 0 Å². The van der Waals surface area contributed by atoms with E-state index in [9.17, 15) is 4.79 Å². The fourth-order valence-corrected chi connectivity index (χ4v) is 4.60. The SMILES string of the molecule is CC(NC(=O)CC1CC2CCC(C1)N2)c1ccc(Cl)s1. The maximum absolute atomic E-state index is 12.2. The van der Waals surface area contributed by atoms with Crippen LogP contribution in [0.5, 0.6) is 0 Å². The Labute approximate surface area is 129 Å². The number of carbonyl (C=O) groups excluding carboxylic acids is 1. The van der Waals surface area contributed by atoms with Gasteiger partial charge in [0.1, 0.15) is 0 Å². The van der Waals surface area contributed by atoms with Gasteiger partial charge in [0.2, 0.25) is 5.91 Å². The minimum atomic E-state index is 0.0541. The predicted octanol–water partition coefficient (Wildman–Crippen LogP) is 3.50. The van der Waals surface area contributed by atoms with Crippen molar-refractivity contribution in [3.63, 3.8) is 0 Å². The third-order valence-electron chi connectivity index (χ3n) is 4.44. The zero-order valence-corrected chi connectivity index (χ0v) is 13.3. The van der Waals surface area contributed by atoms with Crippen LogP contribution in [-0.4, -0.2) is 18.0 Å². The Bertz CT molecular complexity index is 478. The number of fused-ring (bicyclic) bond motifs is 2. The molecule has 2 fully saturated rings. The van der Waals surface area contributed by atoms with Crippen LogP contribution >= 0.6 is 22.9 Å². The number of carbonyl (C=O) groups is 1. The maximum atomic E-state index is 12.2. The van der Waals surface area contributed by atoms with E-state index < -0.39 is 0 Å². The summed E-state index contributed by atoms with van der Waals surface area (Å²) in [6.45, 7) is 2.02. The molecule has 5 heteroatoms. The monoisotopic (exact) mass is 312 g/mol. The summed E-state index contributed by atoms with van der Waals surface area (Å²) in [6, 6.07) is 5.23. The van der Waals surface area contributed by atoms with Crippen LogP contribution in [0.25, 0.3) is 0 Å². The Morgan fingerprint density at radius 3 is 2.75 bits per heavy atom. The molecule has 2 aliphatic heterocycles. The molecule has 20 heavy (non-hydrogen) atoms. The van der Waals surface area contributed by atoms with Crippen LogP contribution in [0.4, 0.5) is 0 Å².